The third-order valence-corrected chi connectivity index (χ3v) is 4.64. The van der Waals surface area contributed by atoms with Gasteiger partial charge in [-0.15, -0.1) is 0 Å². The van der Waals surface area contributed by atoms with Crippen LogP contribution in [0.4, 0.5) is 0 Å². The maximum atomic E-state index is 2.31. The lowest BCUT2D eigenvalue weighted by Crippen LogP contribution is -2.05. The topological polar surface area (TPSA) is 0 Å². The SMILES string of the molecule is CC.CC(C)C1CCSS1. The van der Waals surface area contributed by atoms with Crippen molar-refractivity contribution in [2.75, 3.05) is 5.75 Å². The molecule has 1 unspecified atom stereocenters. The van der Waals surface area contributed by atoms with Gasteiger partial charge in [-0.3, -0.25) is 0 Å². The zero-order chi connectivity index (χ0) is 7.98. The van der Waals surface area contributed by atoms with Crippen molar-refractivity contribution in [3.8, 4) is 0 Å². The van der Waals surface area contributed by atoms with Crippen molar-refractivity contribution in [2.45, 2.75) is 39.4 Å². The van der Waals surface area contributed by atoms with E-state index in [4.69, 9.17) is 0 Å². The van der Waals surface area contributed by atoms with Crippen LogP contribution in [0.2, 0.25) is 0 Å². The second-order valence-corrected chi connectivity index (χ2v) is 5.22. The lowest BCUT2D eigenvalue weighted by Gasteiger charge is -2.09. The summed E-state index contributed by atoms with van der Waals surface area (Å²) in [4.78, 5) is 0. The highest BCUT2D eigenvalue weighted by Crippen LogP contribution is 2.40. The Hall–Kier alpha value is 0.700. The molecule has 1 rings (SSSR count). The Morgan fingerprint density at radius 1 is 1.30 bits per heavy atom. The van der Waals surface area contributed by atoms with Crippen molar-refractivity contribution < 1.29 is 0 Å². The quantitative estimate of drug-likeness (QED) is 0.560. The van der Waals surface area contributed by atoms with Gasteiger partial charge in [-0.05, 0) is 12.3 Å². The molecule has 62 valence electrons. The van der Waals surface area contributed by atoms with Gasteiger partial charge in [0.15, 0.2) is 0 Å². The predicted molar refractivity (Wildman–Crippen MR) is 54.6 cm³/mol. The van der Waals surface area contributed by atoms with Gasteiger partial charge in [-0.25, -0.2) is 0 Å². The zero-order valence-corrected chi connectivity index (χ0v) is 9.02. The molecule has 0 nitrogen and oxygen atoms in total. The fourth-order valence-electron chi connectivity index (χ4n) is 0.792. The molecule has 1 atom stereocenters. The van der Waals surface area contributed by atoms with Crippen molar-refractivity contribution in [1.82, 2.24) is 0 Å². The molecule has 0 N–H and O–H groups in total. The Morgan fingerprint density at radius 2 is 1.90 bits per heavy atom. The normalized spacial score (nSPS) is 24.3. The first-order valence-electron chi connectivity index (χ1n) is 4.09. The molecule has 0 saturated carbocycles. The highest BCUT2D eigenvalue weighted by Gasteiger charge is 2.18. The van der Waals surface area contributed by atoms with Gasteiger partial charge < -0.3 is 0 Å². The first-order chi connectivity index (χ1) is 4.80. The molecule has 0 amide bonds. The Morgan fingerprint density at radius 3 is 2.10 bits per heavy atom. The van der Waals surface area contributed by atoms with Crippen molar-refractivity contribution >= 4 is 21.6 Å². The monoisotopic (exact) mass is 178 g/mol. The van der Waals surface area contributed by atoms with Gasteiger partial charge in [0, 0.05) is 11.0 Å². The lowest BCUT2D eigenvalue weighted by atomic mass is 10.1. The molecule has 1 saturated heterocycles. The van der Waals surface area contributed by atoms with Gasteiger partial charge in [0.2, 0.25) is 0 Å². The predicted octanol–water partition coefficient (Wildman–Crippen LogP) is 3.82. The average Bonchev–Trinajstić information content (AvgIpc) is 2.42. The van der Waals surface area contributed by atoms with Crippen LogP contribution in [-0.4, -0.2) is 11.0 Å². The van der Waals surface area contributed by atoms with E-state index in [1.54, 1.807) is 0 Å². The Kier molecular flexibility index (Phi) is 6.86. The maximum Gasteiger partial charge on any atom is 0.0182 e. The molecule has 1 aliphatic rings. The van der Waals surface area contributed by atoms with Crippen LogP contribution in [0.15, 0.2) is 0 Å². The Balaban J connectivity index is 0.000000371. The number of hydrogen-bond acceptors (Lipinski definition) is 2. The Labute approximate surface area is 72.9 Å². The summed E-state index contributed by atoms with van der Waals surface area (Å²) in [6.07, 6.45) is 1.42. The Bertz CT molecular complexity index is 65.7. The van der Waals surface area contributed by atoms with Crippen LogP contribution in [-0.2, 0) is 0 Å². The van der Waals surface area contributed by atoms with Crippen molar-refractivity contribution in [3.63, 3.8) is 0 Å². The molecule has 0 bridgehead atoms. The highest BCUT2D eigenvalue weighted by molar-refractivity contribution is 8.77. The van der Waals surface area contributed by atoms with E-state index in [0.717, 1.165) is 11.2 Å². The summed E-state index contributed by atoms with van der Waals surface area (Å²) >= 11 is 0. The van der Waals surface area contributed by atoms with E-state index in [1.165, 1.54) is 12.2 Å². The number of hydrogen-bond donors (Lipinski definition) is 0. The standard InChI is InChI=1S/C6H12S2.C2H6/c1-5(2)6-3-4-7-8-6;1-2/h5-6H,3-4H2,1-2H3;1-2H3. The summed E-state index contributed by atoms with van der Waals surface area (Å²) in [5.74, 6) is 2.25. The van der Waals surface area contributed by atoms with Crippen LogP contribution in [0, 0.1) is 5.92 Å². The molecule has 0 aromatic carbocycles. The van der Waals surface area contributed by atoms with E-state index < -0.39 is 0 Å². The van der Waals surface area contributed by atoms with Crippen LogP contribution in [0.1, 0.15) is 34.1 Å². The van der Waals surface area contributed by atoms with Crippen molar-refractivity contribution in [3.05, 3.63) is 0 Å². The molecule has 2 heteroatoms. The van der Waals surface area contributed by atoms with E-state index >= 15 is 0 Å². The second kappa shape index (κ2) is 6.41. The largest absolute Gasteiger partial charge is 0.0938 e. The van der Waals surface area contributed by atoms with Gasteiger partial charge in [-0.1, -0.05) is 49.3 Å². The second-order valence-electron chi connectivity index (χ2n) is 2.49. The average molecular weight is 178 g/mol. The lowest BCUT2D eigenvalue weighted by molar-refractivity contribution is 0.603. The van der Waals surface area contributed by atoms with Crippen LogP contribution < -0.4 is 0 Å². The van der Waals surface area contributed by atoms with Crippen LogP contribution in [0.5, 0.6) is 0 Å². The minimum atomic E-state index is 0.884. The van der Waals surface area contributed by atoms with Gasteiger partial charge in [0.25, 0.3) is 0 Å². The van der Waals surface area contributed by atoms with E-state index in [0.29, 0.717) is 0 Å². The third kappa shape index (κ3) is 3.77. The van der Waals surface area contributed by atoms with Crippen molar-refractivity contribution in [1.29, 1.82) is 0 Å². The molecule has 10 heavy (non-hydrogen) atoms. The first-order valence-corrected chi connectivity index (χ1v) is 6.47. The third-order valence-electron chi connectivity index (χ3n) is 1.42. The molecule has 0 aromatic heterocycles. The molecule has 1 heterocycles. The molecular formula is C8H18S2. The van der Waals surface area contributed by atoms with Crippen LogP contribution in [0.3, 0.4) is 0 Å². The highest BCUT2D eigenvalue weighted by atomic mass is 33.1. The minimum Gasteiger partial charge on any atom is -0.0938 e. The molecule has 1 fully saturated rings. The summed E-state index contributed by atoms with van der Waals surface area (Å²) < 4.78 is 0. The van der Waals surface area contributed by atoms with Gasteiger partial charge in [-0.2, -0.15) is 0 Å². The zero-order valence-electron chi connectivity index (χ0n) is 7.39. The van der Waals surface area contributed by atoms with Gasteiger partial charge >= 0.3 is 0 Å². The summed E-state index contributed by atoms with van der Waals surface area (Å²) in [6.45, 7) is 8.62. The van der Waals surface area contributed by atoms with Crippen LogP contribution >= 0.6 is 21.6 Å². The van der Waals surface area contributed by atoms with Crippen molar-refractivity contribution in [2.24, 2.45) is 5.92 Å². The van der Waals surface area contributed by atoms with Gasteiger partial charge in [0.1, 0.15) is 0 Å². The fraction of sp³-hybridized carbons (Fsp3) is 1.00. The van der Waals surface area contributed by atoms with E-state index in [2.05, 4.69) is 24.6 Å². The molecule has 0 aromatic rings. The molecular weight excluding hydrogens is 160 g/mol. The van der Waals surface area contributed by atoms with E-state index in [-0.39, 0.29) is 0 Å². The number of rotatable bonds is 1. The molecule has 0 spiro atoms. The molecule has 0 radical (unpaired) electrons. The van der Waals surface area contributed by atoms with Crippen LogP contribution in [0.25, 0.3) is 0 Å². The first kappa shape index (κ1) is 10.7. The summed E-state index contributed by atoms with van der Waals surface area (Å²) in [7, 11) is 4.09. The summed E-state index contributed by atoms with van der Waals surface area (Å²) in [5, 5.41) is 0.944. The van der Waals surface area contributed by atoms with Gasteiger partial charge in [0.05, 0.1) is 0 Å². The molecule has 1 aliphatic heterocycles. The maximum absolute atomic E-state index is 2.31. The minimum absolute atomic E-state index is 0.884. The smallest absolute Gasteiger partial charge is 0.0182 e. The molecule has 0 aliphatic carbocycles. The summed E-state index contributed by atoms with van der Waals surface area (Å²) in [6, 6.07) is 0. The van der Waals surface area contributed by atoms with E-state index in [1.807, 2.05) is 24.6 Å². The van der Waals surface area contributed by atoms with E-state index in [9.17, 15) is 0 Å². The fourth-order valence-corrected chi connectivity index (χ4v) is 4.06. The summed E-state index contributed by atoms with van der Waals surface area (Å²) in [5.41, 5.74) is 0.